The van der Waals surface area contributed by atoms with Crippen LogP contribution in [0.25, 0.3) is 0 Å². The Morgan fingerprint density at radius 3 is 2.00 bits per heavy atom. The molecule has 2 amide bonds. The molecule has 1 rings (SSSR count). The van der Waals surface area contributed by atoms with Gasteiger partial charge in [0.05, 0.1) is 0 Å². The van der Waals surface area contributed by atoms with Gasteiger partial charge in [-0.25, -0.2) is 0 Å². The van der Waals surface area contributed by atoms with E-state index in [4.69, 9.17) is 0 Å². The minimum Gasteiger partial charge on any atom is -0.343 e. The van der Waals surface area contributed by atoms with E-state index >= 15 is 0 Å². The summed E-state index contributed by atoms with van der Waals surface area (Å²) in [5.74, 6) is 0.286. The lowest BCUT2D eigenvalue weighted by Gasteiger charge is -2.24. The summed E-state index contributed by atoms with van der Waals surface area (Å²) in [6.45, 7) is 8.01. The van der Waals surface area contributed by atoms with Gasteiger partial charge in [-0.15, -0.1) is 0 Å². The summed E-state index contributed by atoms with van der Waals surface area (Å²) in [5.41, 5.74) is 0. The Balaban J connectivity index is 2.39. The third-order valence-corrected chi connectivity index (χ3v) is 3.30. The summed E-state index contributed by atoms with van der Waals surface area (Å²) in [5, 5.41) is 0. The van der Waals surface area contributed by atoms with E-state index in [1.54, 1.807) is 6.92 Å². The van der Waals surface area contributed by atoms with Crippen LogP contribution in [0.3, 0.4) is 0 Å². The van der Waals surface area contributed by atoms with Crippen LogP contribution in [0.1, 0.15) is 52.9 Å². The molecule has 0 aliphatic heterocycles. The Labute approximate surface area is 110 Å². The first-order chi connectivity index (χ1) is 8.60. The predicted molar refractivity (Wildman–Crippen MR) is 72.2 cm³/mol. The molecule has 0 aromatic carbocycles. The number of hydrogen-bond acceptors (Lipinski definition) is 2. The largest absolute Gasteiger partial charge is 0.343 e. The first kappa shape index (κ1) is 15.0. The van der Waals surface area contributed by atoms with Gasteiger partial charge < -0.3 is 9.80 Å². The molecule has 0 saturated heterocycles. The molecule has 0 heterocycles. The van der Waals surface area contributed by atoms with Crippen LogP contribution in [0.4, 0.5) is 0 Å². The summed E-state index contributed by atoms with van der Waals surface area (Å²) in [7, 11) is 0. The lowest BCUT2D eigenvalue weighted by Crippen LogP contribution is -2.38. The maximum Gasteiger partial charge on any atom is 0.224 e. The Morgan fingerprint density at radius 2 is 1.61 bits per heavy atom. The molecule has 4 nitrogen and oxygen atoms in total. The van der Waals surface area contributed by atoms with Crippen molar-refractivity contribution in [1.82, 2.24) is 9.80 Å². The highest BCUT2D eigenvalue weighted by atomic mass is 16.2. The van der Waals surface area contributed by atoms with Crippen molar-refractivity contribution >= 4 is 11.8 Å². The summed E-state index contributed by atoms with van der Waals surface area (Å²) in [4.78, 5) is 27.3. The monoisotopic (exact) mass is 254 g/mol. The second-order valence-corrected chi connectivity index (χ2v) is 5.07. The molecule has 0 unspecified atom stereocenters. The van der Waals surface area contributed by atoms with Crippen LogP contribution >= 0.6 is 0 Å². The zero-order valence-electron chi connectivity index (χ0n) is 11.9. The van der Waals surface area contributed by atoms with Crippen molar-refractivity contribution < 1.29 is 9.59 Å². The van der Waals surface area contributed by atoms with E-state index in [0.717, 1.165) is 38.8 Å². The van der Waals surface area contributed by atoms with Gasteiger partial charge in [0.25, 0.3) is 0 Å². The van der Waals surface area contributed by atoms with Crippen LogP contribution in [0.15, 0.2) is 0 Å². The highest BCUT2D eigenvalue weighted by Gasteiger charge is 2.31. The van der Waals surface area contributed by atoms with Gasteiger partial charge in [-0.05, 0) is 25.7 Å². The zero-order chi connectivity index (χ0) is 13.5. The number of nitrogens with zero attached hydrogens (tertiary/aromatic N) is 2. The molecule has 0 bridgehead atoms. The second-order valence-electron chi connectivity index (χ2n) is 5.07. The molecule has 0 aromatic heterocycles. The summed E-state index contributed by atoms with van der Waals surface area (Å²) >= 11 is 0. The molecule has 18 heavy (non-hydrogen) atoms. The van der Waals surface area contributed by atoms with Crippen molar-refractivity contribution in [2.75, 3.05) is 19.6 Å². The molecule has 0 aromatic rings. The van der Waals surface area contributed by atoms with Gasteiger partial charge in [-0.1, -0.05) is 13.8 Å². The lowest BCUT2D eigenvalue weighted by molar-refractivity contribution is -0.133. The van der Waals surface area contributed by atoms with E-state index in [2.05, 4.69) is 13.8 Å². The van der Waals surface area contributed by atoms with Crippen molar-refractivity contribution in [3.8, 4) is 0 Å². The molecule has 1 aliphatic rings. The van der Waals surface area contributed by atoms with Crippen LogP contribution < -0.4 is 0 Å². The van der Waals surface area contributed by atoms with Crippen molar-refractivity contribution in [3.63, 3.8) is 0 Å². The van der Waals surface area contributed by atoms with Crippen LogP contribution in [-0.2, 0) is 9.59 Å². The van der Waals surface area contributed by atoms with Crippen molar-refractivity contribution in [1.29, 1.82) is 0 Å². The molecule has 1 fully saturated rings. The van der Waals surface area contributed by atoms with Gasteiger partial charge >= 0.3 is 0 Å². The van der Waals surface area contributed by atoms with Crippen LogP contribution in [0.5, 0.6) is 0 Å². The molecular formula is C14H26N2O2. The lowest BCUT2D eigenvalue weighted by atomic mass is 10.2. The molecule has 0 radical (unpaired) electrons. The molecule has 0 atom stereocenters. The Hall–Kier alpha value is -1.06. The van der Waals surface area contributed by atoms with Gasteiger partial charge in [0.15, 0.2) is 0 Å². The van der Waals surface area contributed by atoms with E-state index in [-0.39, 0.29) is 11.8 Å². The van der Waals surface area contributed by atoms with E-state index in [0.29, 0.717) is 19.0 Å². The number of hydrogen-bond donors (Lipinski definition) is 0. The fourth-order valence-electron chi connectivity index (χ4n) is 2.26. The maximum absolute atomic E-state index is 12.1. The Kier molecular flexibility index (Phi) is 6.16. The van der Waals surface area contributed by atoms with Gasteiger partial charge in [0.1, 0.15) is 0 Å². The Bertz CT molecular complexity index is 282. The van der Waals surface area contributed by atoms with E-state index in [1.165, 1.54) is 0 Å². The topological polar surface area (TPSA) is 40.6 Å². The fraction of sp³-hybridized carbons (Fsp3) is 0.857. The smallest absolute Gasteiger partial charge is 0.224 e. The highest BCUT2D eigenvalue weighted by Crippen LogP contribution is 2.26. The predicted octanol–water partition coefficient (Wildman–Crippen LogP) is 2.04. The highest BCUT2D eigenvalue weighted by molar-refractivity contribution is 5.78. The van der Waals surface area contributed by atoms with Gasteiger partial charge in [-0.2, -0.15) is 0 Å². The first-order valence-corrected chi connectivity index (χ1v) is 7.15. The van der Waals surface area contributed by atoms with Gasteiger partial charge in [0, 0.05) is 39.0 Å². The van der Waals surface area contributed by atoms with Gasteiger partial charge in [-0.3, -0.25) is 9.59 Å². The zero-order valence-corrected chi connectivity index (χ0v) is 11.9. The Morgan fingerprint density at radius 1 is 1.06 bits per heavy atom. The third kappa shape index (κ3) is 4.67. The SMILES string of the molecule is CCCN(CCC)C(=O)CCN(C(C)=O)C1CC1. The minimum absolute atomic E-state index is 0.0998. The molecule has 0 N–H and O–H groups in total. The normalized spacial score (nSPS) is 14.4. The third-order valence-electron chi connectivity index (χ3n) is 3.30. The summed E-state index contributed by atoms with van der Waals surface area (Å²) < 4.78 is 0. The fourth-order valence-corrected chi connectivity index (χ4v) is 2.26. The van der Waals surface area contributed by atoms with Crippen molar-refractivity contribution in [3.05, 3.63) is 0 Å². The van der Waals surface area contributed by atoms with Crippen LogP contribution in [-0.4, -0.2) is 47.3 Å². The van der Waals surface area contributed by atoms with E-state index < -0.39 is 0 Å². The number of amides is 2. The number of rotatable bonds is 8. The quantitative estimate of drug-likeness (QED) is 0.665. The summed E-state index contributed by atoms with van der Waals surface area (Å²) in [6, 6.07) is 0.404. The molecule has 104 valence electrons. The molecule has 4 heteroatoms. The van der Waals surface area contributed by atoms with Crippen molar-refractivity contribution in [2.45, 2.75) is 58.9 Å². The summed E-state index contributed by atoms with van der Waals surface area (Å²) in [6.07, 6.45) is 4.65. The van der Waals surface area contributed by atoms with Gasteiger partial charge in [0.2, 0.25) is 11.8 Å². The molecule has 1 aliphatic carbocycles. The van der Waals surface area contributed by atoms with Crippen LogP contribution in [0, 0.1) is 0 Å². The average molecular weight is 254 g/mol. The van der Waals surface area contributed by atoms with Crippen LogP contribution in [0.2, 0.25) is 0 Å². The van der Waals surface area contributed by atoms with E-state index in [9.17, 15) is 9.59 Å². The molecule has 1 saturated carbocycles. The first-order valence-electron chi connectivity index (χ1n) is 7.15. The molecule has 0 spiro atoms. The molecular weight excluding hydrogens is 228 g/mol. The minimum atomic E-state index is 0.0998. The van der Waals surface area contributed by atoms with E-state index in [1.807, 2.05) is 9.80 Å². The number of carbonyl (C=O) groups excluding carboxylic acids is 2. The standard InChI is InChI=1S/C14H26N2O2/c1-4-9-15(10-5-2)14(18)8-11-16(12(3)17)13-6-7-13/h13H,4-11H2,1-3H3. The average Bonchev–Trinajstić information content (AvgIpc) is 3.12. The number of carbonyl (C=O) groups is 2. The van der Waals surface area contributed by atoms with Crippen molar-refractivity contribution in [2.24, 2.45) is 0 Å². The maximum atomic E-state index is 12.1. The second kappa shape index (κ2) is 7.39.